The number of hydrogen-bond donors (Lipinski definition) is 1. The van der Waals surface area contributed by atoms with E-state index in [0.717, 1.165) is 29.1 Å². The number of amides is 1. The maximum absolute atomic E-state index is 12.7. The second-order valence-corrected chi connectivity index (χ2v) is 7.27. The highest BCUT2D eigenvalue weighted by atomic mass is 16.5. The molecule has 2 aromatic carbocycles. The van der Waals surface area contributed by atoms with Crippen molar-refractivity contribution in [2.45, 2.75) is 34.1 Å². The third-order valence-electron chi connectivity index (χ3n) is 5.14. The average Bonchev–Trinajstić information content (AvgIpc) is 3.05. The molecule has 0 fully saturated rings. The number of ether oxygens (including phenoxy) is 1. The third kappa shape index (κ3) is 5.04. The second kappa shape index (κ2) is 9.82. The van der Waals surface area contributed by atoms with Crippen LogP contribution < -0.4 is 10.1 Å². The lowest BCUT2D eigenvalue weighted by molar-refractivity contribution is -0.112. The Balaban J connectivity index is 1.87. The molecule has 0 saturated heterocycles. The minimum Gasteiger partial charge on any atom is -0.494 e. The van der Waals surface area contributed by atoms with Crippen molar-refractivity contribution in [3.05, 3.63) is 82.7 Å². The van der Waals surface area contributed by atoms with Crippen LogP contribution in [0.25, 0.3) is 11.8 Å². The fourth-order valence-corrected chi connectivity index (χ4v) is 3.54. The van der Waals surface area contributed by atoms with Crippen LogP contribution in [0.15, 0.2) is 60.2 Å². The van der Waals surface area contributed by atoms with Crippen LogP contribution in [0, 0.1) is 25.2 Å². The fraction of sp³-hybridized carbons (Fsp3) is 0.231. The van der Waals surface area contributed by atoms with E-state index in [1.165, 1.54) is 5.56 Å². The van der Waals surface area contributed by atoms with Gasteiger partial charge in [-0.05, 0) is 74.7 Å². The van der Waals surface area contributed by atoms with E-state index in [0.29, 0.717) is 18.0 Å². The number of aromatic nitrogens is 1. The van der Waals surface area contributed by atoms with Gasteiger partial charge in [-0.15, -0.1) is 0 Å². The standard InChI is InChI=1S/C26H27N3O2/c1-5-20-10-12-24(13-11-20)29-18(3)14-21(19(29)4)15-22(17-27)26(30)28-23-8-7-9-25(16-23)31-6-2/h7-16H,5-6H2,1-4H3,(H,28,30). The van der Waals surface area contributed by atoms with Gasteiger partial charge in [-0.1, -0.05) is 25.1 Å². The molecule has 158 valence electrons. The van der Waals surface area contributed by atoms with Gasteiger partial charge in [0.15, 0.2) is 0 Å². The summed E-state index contributed by atoms with van der Waals surface area (Å²) in [6.07, 6.45) is 2.63. The molecule has 5 heteroatoms. The Bertz CT molecular complexity index is 1150. The molecule has 0 aliphatic carbocycles. The number of rotatable bonds is 7. The van der Waals surface area contributed by atoms with Crippen LogP contribution in [0.5, 0.6) is 5.75 Å². The highest BCUT2D eigenvalue weighted by molar-refractivity contribution is 6.09. The predicted octanol–water partition coefficient (Wildman–Crippen LogP) is 5.60. The quantitative estimate of drug-likeness (QED) is 0.405. The number of anilines is 1. The lowest BCUT2D eigenvalue weighted by Gasteiger charge is -2.10. The van der Waals surface area contributed by atoms with Crippen molar-refractivity contribution in [1.29, 1.82) is 5.26 Å². The van der Waals surface area contributed by atoms with Crippen molar-refractivity contribution in [2.75, 3.05) is 11.9 Å². The first-order chi connectivity index (χ1) is 15.0. The monoisotopic (exact) mass is 413 g/mol. The minimum absolute atomic E-state index is 0.0448. The Morgan fingerprint density at radius 3 is 2.52 bits per heavy atom. The zero-order chi connectivity index (χ0) is 22.4. The highest BCUT2D eigenvalue weighted by Crippen LogP contribution is 2.24. The number of hydrogen-bond acceptors (Lipinski definition) is 3. The van der Waals surface area contributed by atoms with Gasteiger partial charge in [-0.25, -0.2) is 0 Å². The SMILES string of the molecule is CCOc1cccc(NC(=O)C(C#N)=Cc2cc(C)n(-c3ccc(CC)cc3)c2C)c1. The van der Waals surface area contributed by atoms with E-state index in [1.807, 2.05) is 39.0 Å². The summed E-state index contributed by atoms with van der Waals surface area (Å²) in [4.78, 5) is 12.7. The topological polar surface area (TPSA) is 67.0 Å². The van der Waals surface area contributed by atoms with Crippen molar-refractivity contribution in [3.63, 3.8) is 0 Å². The Morgan fingerprint density at radius 2 is 1.87 bits per heavy atom. The van der Waals surface area contributed by atoms with Gasteiger partial charge in [0.1, 0.15) is 17.4 Å². The average molecular weight is 414 g/mol. The molecule has 5 nitrogen and oxygen atoms in total. The Labute approximate surface area is 183 Å². The first-order valence-electron chi connectivity index (χ1n) is 10.4. The van der Waals surface area contributed by atoms with E-state index in [9.17, 15) is 10.1 Å². The van der Waals surface area contributed by atoms with E-state index in [2.05, 4.69) is 41.1 Å². The zero-order valence-corrected chi connectivity index (χ0v) is 18.4. The number of carbonyl (C=O) groups is 1. The molecular weight excluding hydrogens is 386 g/mol. The summed E-state index contributed by atoms with van der Waals surface area (Å²) in [6, 6.07) is 19.6. The van der Waals surface area contributed by atoms with Gasteiger partial charge in [-0.2, -0.15) is 5.26 Å². The van der Waals surface area contributed by atoms with Crippen molar-refractivity contribution in [3.8, 4) is 17.5 Å². The minimum atomic E-state index is -0.451. The lowest BCUT2D eigenvalue weighted by Crippen LogP contribution is -2.13. The summed E-state index contributed by atoms with van der Waals surface area (Å²) in [5.74, 6) is 0.216. The maximum atomic E-state index is 12.7. The lowest BCUT2D eigenvalue weighted by atomic mass is 10.1. The molecule has 0 saturated carbocycles. The van der Waals surface area contributed by atoms with Gasteiger partial charge in [0.2, 0.25) is 0 Å². The summed E-state index contributed by atoms with van der Waals surface area (Å²) in [5, 5.41) is 12.4. The van der Waals surface area contributed by atoms with Crippen LogP contribution in [0.4, 0.5) is 5.69 Å². The number of aryl methyl sites for hydroxylation is 2. The number of nitrogens with zero attached hydrogens (tertiary/aromatic N) is 2. The molecule has 3 aromatic rings. The molecule has 0 spiro atoms. The maximum Gasteiger partial charge on any atom is 0.266 e. The van der Waals surface area contributed by atoms with E-state index in [1.54, 1.807) is 24.3 Å². The molecule has 31 heavy (non-hydrogen) atoms. The van der Waals surface area contributed by atoms with Gasteiger partial charge in [-0.3, -0.25) is 4.79 Å². The van der Waals surface area contributed by atoms with Gasteiger partial charge >= 0.3 is 0 Å². The molecule has 1 N–H and O–H groups in total. The molecule has 1 amide bonds. The molecule has 1 heterocycles. The van der Waals surface area contributed by atoms with Crippen LogP contribution in [-0.2, 0) is 11.2 Å². The smallest absolute Gasteiger partial charge is 0.266 e. The van der Waals surface area contributed by atoms with Crippen molar-refractivity contribution in [1.82, 2.24) is 4.57 Å². The summed E-state index contributed by atoms with van der Waals surface area (Å²) in [6.45, 7) is 8.58. The van der Waals surface area contributed by atoms with Gasteiger partial charge < -0.3 is 14.6 Å². The van der Waals surface area contributed by atoms with Crippen LogP contribution in [0.1, 0.15) is 36.4 Å². The number of nitriles is 1. The molecule has 1 aromatic heterocycles. The first-order valence-corrected chi connectivity index (χ1v) is 10.4. The third-order valence-corrected chi connectivity index (χ3v) is 5.14. The normalized spacial score (nSPS) is 11.1. The summed E-state index contributed by atoms with van der Waals surface area (Å²) in [5.41, 5.74) is 5.82. The van der Waals surface area contributed by atoms with E-state index in [4.69, 9.17) is 4.74 Å². The summed E-state index contributed by atoms with van der Waals surface area (Å²) in [7, 11) is 0. The highest BCUT2D eigenvalue weighted by Gasteiger charge is 2.14. The van der Waals surface area contributed by atoms with Crippen molar-refractivity contribution >= 4 is 17.7 Å². The second-order valence-electron chi connectivity index (χ2n) is 7.27. The van der Waals surface area contributed by atoms with Crippen molar-refractivity contribution < 1.29 is 9.53 Å². The van der Waals surface area contributed by atoms with Gasteiger partial charge in [0.05, 0.1) is 6.61 Å². The Morgan fingerprint density at radius 1 is 1.13 bits per heavy atom. The summed E-state index contributed by atoms with van der Waals surface area (Å²) >= 11 is 0. The predicted molar refractivity (Wildman–Crippen MR) is 124 cm³/mol. The van der Waals surface area contributed by atoms with E-state index >= 15 is 0 Å². The number of carbonyl (C=O) groups excluding carboxylic acids is 1. The molecular formula is C26H27N3O2. The van der Waals surface area contributed by atoms with Crippen LogP contribution in [0.2, 0.25) is 0 Å². The Kier molecular flexibility index (Phi) is 6.94. The molecule has 0 radical (unpaired) electrons. The zero-order valence-electron chi connectivity index (χ0n) is 18.4. The molecule has 3 rings (SSSR count). The van der Waals surface area contributed by atoms with Gasteiger partial charge in [0.25, 0.3) is 5.91 Å². The number of benzene rings is 2. The number of nitrogens with one attached hydrogen (secondary N) is 1. The fourth-order valence-electron chi connectivity index (χ4n) is 3.54. The van der Waals surface area contributed by atoms with Crippen LogP contribution in [-0.4, -0.2) is 17.1 Å². The molecule has 0 aliphatic rings. The Hall–Kier alpha value is -3.78. The summed E-state index contributed by atoms with van der Waals surface area (Å²) < 4.78 is 7.59. The van der Waals surface area contributed by atoms with Crippen LogP contribution >= 0.6 is 0 Å². The first kappa shape index (κ1) is 21.9. The van der Waals surface area contributed by atoms with Crippen molar-refractivity contribution in [2.24, 2.45) is 0 Å². The molecule has 0 unspecified atom stereocenters. The molecule has 0 atom stereocenters. The largest absolute Gasteiger partial charge is 0.494 e. The van der Waals surface area contributed by atoms with Crippen LogP contribution in [0.3, 0.4) is 0 Å². The molecule has 0 aliphatic heterocycles. The van der Waals surface area contributed by atoms with E-state index < -0.39 is 5.91 Å². The van der Waals surface area contributed by atoms with Gasteiger partial charge in [0, 0.05) is 28.8 Å². The van der Waals surface area contributed by atoms with E-state index in [-0.39, 0.29) is 5.57 Å². The molecule has 0 bridgehead atoms.